The van der Waals surface area contributed by atoms with Crippen molar-refractivity contribution in [2.24, 2.45) is 5.41 Å². The predicted octanol–water partition coefficient (Wildman–Crippen LogP) is 2.73. The third-order valence-corrected chi connectivity index (χ3v) is 4.78. The summed E-state index contributed by atoms with van der Waals surface area (Å²) < 4.78 is 5.53. The molecule has 2 rings (SSSR count). The average molecular weight is 336 g/mol. The molecule has 0 aromatic carbocycles. The lowest BCUT2D eigenvalue weighted by atomic mass is 9.92. The summed E-state index contributed by atoms with van der Waals surface area (Å²) in [6, 6.07) is 2.23. The molecule has 0 bridgehead atoms. The van der Waals surface area contributed by atoms with Crippen molar-refractivity contribution in [1.29, 1.82) is 0 Å². The summed E-state index contributed by atoms with van der Waals surface area (Å²) in [6.07, 6.45) is 1.84. The molecular weight excluding hydrogens is 304 g/mol. The zero-order valence-corrected chi connectivity index (χ0v) is 15.9. The number of piperidine rings is 1. The number of carbonyl (C=O) groups excluding carboxylic acids is 1. The number of rotatable bonds is 4. The van der Waals surface area contributed by atoms with Crippen molar-refractivity contribution in [3.8, 4) is 0 Å². The highest BCUT2D eigenvalue weighted by molar-refractivity contribution is 5.81. The highest BCUT2D eigenvalue weighted by Crippen LogP contribution is 2.27. The molecule has 1 saturated heterocycles. The van der Waals surface area contributed by atoms with Crippen molar-refractivity contribution in [3.63, 3.8) is 0 Å². The van der Waals surface area contributed by atoms with E-state index in [1.54, 1.807) is 0 Å². The van der Waals surface area contributed by atoms with Gasteiger partial charge in [0.2, 0.25) is 5.91 Å². The fourth-order valence-corrected chi connectivity index (χ4v) is 3.36. The SMILES string of the molecule is Cc1cc(C(C)(O)CNC2CCN(C(=O)C(C)(C)C)CC2)c(C)o1. The summed E-state index contributed by atoms with van der Waals surface area (Å²) in [4.78, 5) is 14.3. The van der Waals surface area contributed by atoms with Gasteiger partial charge in [0.25, 0.3) is 0 Å². The number of carbonyl (C=O) groups is 1. The first-order valence-electron chi connectivity index (χ1n) is 8.83. The lowest BCUT2D eigenvalue weighted by Gasteiger charge is -2.37. The highest BCUT2D eigenvalue weighted by atomic mass is 16.3. The summed E-state index contributed by atoms with van der Waals surface area (Å²) in [7, 11) is 0. The van der Waals surface area contributed by atoms with Crippen LogP contribution >= 0.6 is 0 Å². The molecule has 1 aromatic heterocycles. The van der Waals surface area contributed by atoms with Crippen LogP contribution in [0.2, 0.25) is 0 Å². The molecule has 0 spiro atoms. The number of likely N-dealkylation sites (tertiary alicyclic amines) is 1. The van der Waals surface area contributed by atoms with E-state index in [1.807, 2.05) is 52.5 Å². The van der Waals surface area contributed by atoms with Crippen LogP contribution < -0.4 is 5.32 Å². The van der Waals surface area contributed by atoms with E-state index in [4.69, 9.17) is 4.42 Å². The zero-order valence-electron chi connectivity index (χ0n) is 15.9. The minimum atomic E-state index is -0.958. The fourth-order valence-electron chi connectivity index (χ4n) is 3.36. The van der Waals surface area contributed by atoms with Gasteiger partial charge in [-0.05, 0) is 39.7 Å². The molecule has 1 atom stereocenters. The second kappa shape index (κ2) is 6.89. The average Bonchev–Trinajstić information content (AvgIpc) is 2.84. The molecule has 1 fully saturated rings. The number of nitrogens with one attached hydrogen (secondary N) is 1. The molecule has 136 valence electrons. The van der Waals surface area contributed by atoms with E-state index in [-0.39, 0.29) is 11.3 Å². The summed E-state index contributed by atoms with van der Waals surface area (Å²) in [5.74, 6) is 1.80. The Morgan fingerprint density at radius 1 is 1.29 bits per heavy atom. The van der Waals surface area contributed by atoms with E-state index in [0.717, 1.165) is 43.0 Å². The molecule has 0 radical (unpaired) electrons. The molecule has 2 N–H and O–H groups in total. The van der Waals surface area contributed by atoms with E-state index in [9.17, 15) is 9.90 Å². The third kappa shape index (κ3) is 4.39. The van der Waals surface area contributed by atoms with Gasteiger partial charge in [-0.15, -0.1) is 0 Å². The minimum absolute atomic E-state index is 0.220. The molecule has 2 heterocycles. The summed E-state index contributed by atoms with van der Waals surface area (Å²) in [6.45, 7) is 13.5. The van der Waals surface area contributed by atoms with Crippen molar-refractivity contribution in [2.75, 3.05) is 19.6 Å². The maximum Gasteiger partial charge on any atom is 0.227 e. The van der Waals surface area contributed by atoms with Crippen LogP contribution in [-0.2, 0) is 10.4 Å². The monoisotopic (exact) mass is 336 g/mol. The topological polar surface area (TPSA) is 65.7 Å². The molecule has 1 amide bonds. The quantitative estimate of drug-likeness (QED) is 0.887. The lowest BCUT2D eigenvalue weighted by molar-refractivity contribution is -0.140. The van der Waals surface area contributed by atoms with Gasteiger partial charge in [0.1, 0.15) is 17.1 Å². The summed E-state index contributed by atoms with van der Waals surface area (Å²) >= 11 is 0. The molecule has 0 saturated carbocycles. The summed E-state index contributed by atoms with van der Waals surface area (Å²) in [5, 5.41) is 14.2. The van der Waals surface area contributed by atoms with Gasteiger partial charge in [0.15, 0.2) is 0 Å². The molecular formula is C19H32N2O3. The Morgan fingerprint density at radius 3 is 2.33 bits per heavy atom. The van der Waals surface area contributed by atoms with Gasteiger partial charge in [0, 0.05) is 36.7 Å². The number of hydrogen-bond donors (Lipinski definition) is 2. The first kappa shape index (κ1) is 19.0. The summed E-state index contributed by atoms with van der Waals surface area (Å²) in [5.41, 5.74) is -0.436. The number of aliphatic hydroxyl groups is 1. The first-order valence-corrected chi connectivity index (χ1v) is 8.83. The van der Waals surface area contributed by atoms with Gasteiger partial charge >= 0.3 is 0 Å². The fraction of sp³-hybridized carbons (Fsp3) is 0.737. The second-order valence-electron chi connectivity index (χ2n) is 8.30. The van der Waals surface area contributed by atoms with Crippen LogP contribution in [0.5, 0.6) is 0 Å². The van der Waals surface area contributed by atoms with Gasteiger partial charge in [-0.25, -0.2) is 0 Å². The van der Waals surface area contributed by atoms with Crippen molar-refractivity contribution in [1.82, 2.24) is 10.2 Å². The van der Waals surface area contributed by atoms with Gasteiger partial charge < -0.3 is 19.7 Å². The van der Waals surface area contributed by atoms with Crippen molar-refractivity contribution >= 4 is 5.91 Å². The van der Waals surface area contributed by atoms with Crippen LogP contribution in [0.25, 0.3) is 0 Å². The van der Waals surface area contributed by atoms with Crippen LogP contribution in [0.4, 0.5) is 0 Å². The maximum atomic E-state index is 12.3. The van der Waals surface area contributed by atoms with Crippen LogP contribution in [0, 0.1) is 19.3 Å². The minimum Gasteiger partial charge on any atom is -0.466 e. The normalized spacial score (nSPS) is 19.4. The molecule has 0 aliphatic carbocycles. The molecule has 1 aliphatic heterocycles. The second-order valence-corrected chi connectivity index (χ2v) is 8.30. The van der Waals surface area contributed by atoms with Crippen LogP contribution in [0.15, 0.2) is 10.5 Å². The Bertz CT molecular complexity index is 576. The van der Waals surface area contributed by atoms with Gasteiger partial charge in [-0.3, -0.25) is 4.79 Å². The Balaban J connectivity index is 1.86. The smallest absolute Gasteiger partial charge is 0.227 e. The highest BCUT2D eigenvalue weighted by Gasteiger charge is 2.32. The molecule has 5 nitrogen and oxygen atoms in total. The van der Waals surface area contributed by atoms with E-state index in [0.29, 0.717) is 12.6 Å². The number of hydrogen-bond acceptors (Lipinski definition) is 4. The van der Waals surface area contributed by atoms with Gasteiger partial charge in [0.05, 0.1) is 0 Å². The van der Waals surface area contributed by atoms with Crippen molar-refractivity contribution in [2.45, 2.75) is 66.0 Å². The molecule has 1 aromatic rings. The molecule has 5 heteroatoms. The first-order chi connectivity index (χ1) is 11.0. The number of amides is 1. The lowest BCUT2D eigenvalue weighted by Crippen LogP contribution is -2.50. The van der Waals surface area contributed by atoms with Crippen LogP contribution in [-0.4, -0.2) is 41.6 Å². The third-order valence-electron chi connectivity index (χ3n) is 4.78. The van der Waals surface area contributed by atoms with Crippen molar-refractivity contribution < 1.29 is 14.3 Å². The zero-order chi connectivity index (χ0) is 18.1. The van der Waals surface area contributed by atoms with E-state index >= 15 is 0 Å². The van der Waals surface area contributed by atoms with Gasteiger partial charge in [-0.2, -0.15) is 0 Å². The number of aryl methyl sites for hydroxylation is 2. The Kier molecular flexibility index (Phi) is 5.45. The molecule has 1 unspecified atom stereocenters. The molecule has 1 aliphatic rings. The number of furan rings is 1. The van der Waals surface area contributed by atoms with E-state index in [2.05, 4.69) is 5.32 Å². The van der Waals surface area contributed by atoms with Crippen LogP contribution in [0.1, 0.15) is 57.6 Å². The largest absolute Gasteiger partial charge is 0.466 e. The Labute approximate surface area is 145 Å². The van der Waals surface area contributed by atoms with E-state index in [1.165, 1.54) is 0 Å². The van der Waals surface area contributed by atoms with E-state index < -0.39 is 5.60 Å². The maximum absolute atomic E-state index is 12.3. The van der Waals surface area contributed by atoms with Crippen LogP contribution in [0.3, 0.4) is 0 Å². The standard InChI is InChI=1S/C19H32N2O3/c1-13-11-16(14(2)24-13)19(6,23)12-20-15-7-9-21(10-8-15)17(22)18(3,4)5/h11,15,20,23H,7-10,12H2,1-6H3. The van der Waals surface area contributed by atoms with Gasteiger partial charge in [-0.1, -0.05) is 20.8 Å². The van der Waals surface area contributed by atoms with Crippen molar-refractivity contribution in [3.05, 3.63) is 23.2 Å². The Morgan fingerprint density at radius 2 is 1.88 bits per heavy atom. The predicted molar refractivity (Wildman–Crippen MR) is 94.8 cm³/mol. The molecule has 24 heavy (non-hydrogen) atoms. The Hall–Kier alpha value is -1.33. The number of nitrogens with zero attached hydrogens (tertiary/aromatic N) is 1.